The third-order valence-electron chi connectivity index (χ3n) is 6.69. The van der Waals surface area contributed by atoms with Crippen molar-refractivity contribution >= 4 is 0 Å². The Morgan fingerprint density at radius 3 is 2.76 bits per heavy atom. The van der Waals surface area contributed by atoms with Crippen LogP contribution in [0.25, 0.3) is 11.3 Å². The van der Waals surface area contributed by atoms with Gasteiger partial charge in [0.1, 0.15) is 5.82 Å². The number of H-pyrrole nitrogens is 1. The van der Waals surface area contributed by atoms with Crippen LogP contribution in [0, 0.1) is 17.2 Å². The van der Waals surface area contributed by atoms with E-state index in [4.69, 9.17) is 0 Å². The van der Waals surface area contributed by atoms with Crippen LogP contribution in [0.15, 0.2) is 60.8 Å². The van der Waals surface area contributed by atoms with Crippen molar-refractivity contribution in [3.63, 3.8) is 0 Å². The van der Waals surface area contributed by atoms with Crippen molar-refractivity contribution < 1.29 is 14.6 Å². The van der Waals surface area contributed by atoms with Gasteiger partial charge in [-0.1, -0.05) is 42.5 Å². The number of likely N-dealkylation sites (tertiary alicyclic amines) is 1. The molecule has 5 rings (SSSR count). The Kier molecular flexibility index (Phi) is 4.50. The predicted octanol–water partition coefficient (Wildman–Crippen LogP) is 2.78. The van der Waals surface area contributed by atoms with Gasteiger partial charge in [0.15, 0.2) is 0 Å². The zero-order valence-electron chi connectivity index (χ0n) is 16.0. The number of halogens is 1. The molecule has 1 spiro atoms. The Labute approximate surface area is 168 Å². The lowest BCUT2D eigenvalue weighted by Crippen LogP contribution is -2.23. The van der Waals surface area contributed by atoms with Gasteiger partial charge < -0.3 is 10.2 Å². The molecule has 1 saturated carbocycles. The van der Waals surface area contributed by atoms with E-state index in [2.05, 4.69) is 27.2 Å². The smallest absolute Gasteiger partial charge is 0.123 e. The van der Waals surface area contributed by atoms with Crippen LogP contribution < -0.4 is 0 Å². The first-order valence-electron chi connectivity index (χ1n) is 9.98. The van der Waals surface area contributed by atoms with Gasteiger partial charge in [-0.15, -0.1) is 0 Å². The van der Waals surface area contributed by atoms with E-state index >= 15 is 0 Å². The Bertz CT molecular complexity index is 1010. The summed E-state index contributed by atoms with van der Waals surface area (Å²) in [6.07, 6.45) is 1.28. The molecule has 3 N–H and O–H groups in total. The van der Waals surface area contributed by atoms with Gasteiger partial charge in [-0.3, -0.25) is 10.00 Å². The fourth-order valence-electron chi connectivity index (χ4n) is 5.35. The standard InChI is InChI=1S/C23H24FN3O2/c24-18-8-4-7-16(9-18)22-17(10-25-26-22)11-27-12-20(29)23(14-27)19(13-28)21(23)15-5-2-1-3-6-15/h1-10,19-21,28-29H,11-14H2,(H,25,26)/t19-,20+,21-,23-/m1/s1. The molecule has 0 amide bonds. The molecule has 5 nitrogen and oxygen atoms in total. The summed E-state index contributed by atoms with van der Waals surface area (Å²) in [5.41, 5.74) is 3.40. The fourth-order valence-corrected chi connectivity index (χ4v) is 5.35. The van der Waals surface area contributed by atoms with E-state index in [1.54, 1.807) is 12.3 Å². The second kappa shape index (κ2) is 7.06. The summed E-state index contributed by atoms with van der Waals surface area (Å²) < 4.78 is 13.6. The maximum Gasteiger partial charge on any atom is 0.123 e. The highest BCUT2D eigenvalue weighted by Crippen LogP contribution is 2.68. The van der Waals surface area contributed by atoms with Crippen LogP contribution in [0.1, 0.15) is 17.0 Å². The fraction of sp³-hybridized carbons (Fsp3) is 0.348. The SMILES string of the molecule is OC[C@@H]1[C@@H](c2ccccc2)[C@]12CN(Cc1cn[nH]c1-c1cccc(F)c1)C[C@@H]2O. The lowest BCUT2D eigenvalue weighted by atomic mass is 9.95. The normalized spacial score (nSPS) is 28.9. The molecule has 2 aromatic carbocycles. The number of aliphatic hydroxyl groups excluding tert-OH is 2. The highest BCUT2D eigenvalue weighted by Gasteiger charge is 2.70. The van der Waals surface area contributed by atoms with Crippen molar-refractivity contribution in [3.05, 3.63) is 77.7 Å². The first-order chi connectivity index (χ1) is 14.1. The summed E-state index contributed by atoms with van der Waals surface area (Å²) in [5, 5.41) is 28.0. The molecular formula is C23H24FN3O2. The minimum atomic E-state index is -0.491. The number of aromatic nitrogens is 2. The number of benzene rings is 2. The van der Waals surface area contributed by atoms with E-state index in [-0.39, 0.29) is 29.7 Å². The zero-order chi connectivity index (χ0) is 20.0. The largest absolute Gasteiger partial charge is 0.396 e. The summed E-state index contributed by atoms with van der Waals surface area (Å²) in [5.74, 6) is -0.0502. The molecule has 2 heterocycles. The van der Waals surface area contributed by atoms with Crippen molar-refractivity contribution in [2.75, 3.05) is 19.7 Å². The van der Waals surface area contributed by atoms with E-state index in [0.717, 1.165) is 16.8 Å². The van der Waals surface area contributed by atoms with Crippen molar-refractivity contribution in [2.24, 2.45) is 11.3 Å². The number of nitrogens with zero attached hydrogens (tertiary/aromatic N) is 2. The Morgan fingerprint density at radius 1 is 1.17 bits per heavy atom. The van der Waals surface area contributed by atoms with Gasteiger partial charge in [0, 0.05) is 42.8 Å². The highest BCUT2D eigenvalue weighted by molar-refractivity contribution is 5.62. The van der Waals surface area contributed by atoms with Gasteiger partial charge in [-0.05, 0) is 29.5 Å². The molecule has 2 aliphatic rings. The molecule has 0 unspecified atom stereocenters. The second-order valence-corrected chi connectivity index (χ2v) is 8.26. The van der Waals surface area contributed by atoms with E-state index < -0.39 is 6.10 Å². The van der Waals surface area contributed by atoms with E-state index in [9.17, 15) is 14.6 Å². The van der Waals surface area contributed by atoms with Gasteiger partial charge in [0.25, 0.3) is 0 Å². The Hall–Kier alpha value is -2.54. The molecule has 1 saturated heterocycles. The second-order valence-electron chi connectivity index (χ2n) is 8.26. The molecule has 0 radical (unpaired) electrons. The lowest BCUT2D eigenvalue weighted by molar-refractivity contribution is 0.111. The van der Waals surface area contributed by atoms with E-state index in [1.807, 2.05) is 24.3 Å². The number of aliphatic hydroxyl groups is 2. The number of rotatable bonds is 5. The topological polar surface area (TPSA) is 72.4 Å². The summed E-state index contributed by atoms with van der Waals surface area (Å²) in [7, 11) is 0. The monoisotopic (exact) mass is 393 g/mol. The number of hydrogen-bond acceptors (Lipinski definition) is 4. The predicted molar refractivity (Wildman–Crippen MR) is 107 cm³/mol. The van der Waals surface area contributed by atoms with Gasteiger partial charge in [0.05, 0.1) is 18.0 Å². The molecule has 150 valence electrons. The summed E-state index contributed by atoms with van der Waals surface area (Å²) in [6.45, 7) is 1.95. The first kappa shape index (κ1) is 18.5. The summed E-state index contributed by atoms with van der Waals surface area (Å²) in [4.78, 5) is 2.21. The van der Waals surface area contributed by atoms with E-state index in [1.165, 1.54) is 17.7 Å². The third kappa shape index (κ3) is 2.99. The van der Waals surface area contributed by atoms with E-state index in [0.29, 0.717) is 19.6 Å². The van der Waals surface area contributed by atoms with Crippen molar-refractivity contribution in [1.82, 2.24) is 15.1 Å². The number of β-amino-alcohol motifs (C(OH)–C–C–N with tert-alkyl or cyclic N) is 1. The molecule has 2 fully saturated rings. The van der Waals surface area contributed by atoms with Crippen LogP contribution in [0.5, 0.6) is 0 Å². The molecular weight excluding hydrogens is 369 g/mol. The van der Waals surface area contributed by atoms with Crippen molar-refractivity contribution in [3.8, 4) is 11.3 Å². The highest BCUT2D eigenvalue weighted by atomic mass is 19.1. The quantitative estimate of drug-likeness (QED) is 0.623. The maximum atomic E-state index is 13.6. The van der Waals surface area contributed by atoms with Gasteiger partial charge in [-0.2, -0.15) is 5.10 Å². The third-order valence-corrected chi connectivity index (χ3v) is 6.69. The number of nitrogens with one attached hydrogen (secondary N) is 1. The molecule has 29 heavy (non-hydrogen) atoms. The molecule has 4 atom stereocenters. The Morgan fingerprint density at radius 2 is 2.00 bits per heavy atom. The average Bonchev–Trinajstić information content (AvgIpc) is 2.96. The zero-order valence-corrected chi connectivity index (χ0v) is 16.0. The minimum Gasteiger partial charge on any atom is -0.396 e. The van der Waals surface area contributed by atoms with Crippen LogP contribution in [-0.4, -0.2) is 51.1 Å². The van der Waals surface area contributed by atoms with Crippen LogP contribution in [0.2, 0.25) is 0 Å². The minimum absolute atomic E-state index is 0.0666. The van der Waals surface area contributed by atoms with Crippen molar-refractivity contribution in [2.45, 2.75) is 18.6 Å². The van der Waals surface area contributed by atoms with Gasteiger partial charge in [0.2, 0.25) is 0 Å². The lowest BCUT2D eigenvalue weighted by Gasteiger charge is -2.16. The average molecular weight is 393 g/mol. The molecule has 1 aromatic heterocycles. The van der Waals surface area contributed by atoms with Crippen LogP contribution in [-0.2, 0) is 6.54 Å². The molecule has 3 aromatic rings. The molecule has 0 bridgehead atoms. The van der Waals surface area contributed by atoms with Crippen molar-refractivity contribution in [1.29, 1.82) is 0 Å². The Balaban J connectivity index is 1.37. The number of aromatic amines is 1. The molecule has 1 aliphatic heterocycles. The summed E-state index contributed by atoms with van der Waals surface area (Å²) in [6, 6.07) is 16.6. The van der Waals surface area contributed by atoms with Crippen LogP contribution in [0.3, 0.4) is 0 Å². The maximum absolute atomic E-state index is 13.6. The number of hydrogen-bond donors (Lipinski definition) is 3. The van der Waals surface area contributed by atoms with Crippen LogP contribution in [0.4, 0.5) is 4.39 Å². The van der Waals surface area contributed by atoms with Gasteiger partial charge in [-0.25, -0.2) is 4.39 Å². The summed E-state index contributed by atoms with van der Waals surface area (Å²) >= 11 is 0. The molecule has 1 aliphatic carbocycles. The van der Waals surface area contributed by atoms with Gasteiger partial charge >= 0.3 is 0 Å². The first-order valence-corrected chi connectivity index (χ1v) is 9.98. The molecule has 6 heteroatoms. The van der Waals surface area contributed by atoms with Crippen LogP contribution >= 0.6 is 0 Å².